The summed E-state index contributed by atoms with van der Waals surface area (Å²) in [5.74, 6) is 0.596. The molecule has 0 bridgehead atoms. The van der Waals surface area contributed by atoms with Gasteiger partial charge in [-0.25, -0.2) is 4.98 Å². The number of rotatable bonds is 4. The lowest BCUT2D eigenvalue weighted by molar-refractivity contribution is 0.0507. The summed E-state index contributed by atoms with van der Waals surface area (Å²) in [4.78, 5) is 25.3. The van der Waals surface area contributed by atoms with Crippen molar-refractivity contribution in [1.82, 2.24) is 10.3 Å². The Kier molecular flexibility index (Phi) is 5.73. The number of amides is 1. The van der Waals surface area contributed by atoms with Crippen molar-refractivity contribution in [3.05, 3.63) is 59.3 Å². The number of hydrogen-bond acceptors (Lipinski definition) is 7. The van der Waals surface area contributed by atoms with Crippen molar-refractivity contribution in [3.8, 4) is 0 Å². The van der Waals surface area contributed by atoms with Crippen LogP contribution in [0.3, 0.4) is 0 Å². The van der Waals surface area contributed by atoms with Crippen LogP contribution < -0.4 is 10.2 Å². The molecule has 8 nitrogen and oxygen atoms in total. The quantitative estimate of drug-likeness (QED) is 0.584. The van der Waals surface area contributed by atoms with Gasteiger partial charge in [-0.15, -0.1) is 0 Å². The molecule has 1 unspecified atom stereocenters. The minimum absolute atomic E-state index is 0.0380. The predicted octanol–water partition coefficient (Wildman–Crippen LogP) is 3.13. The van der Waals surface area contributed by atoms with Gasteiger partial charge in [-0.2, -0.15) is 0 Å². The lowest BCUT2D eigenvalue weighted by atomic mass is 9.94. The molecule has 4 rings (SSSR count). The van der Waals surface area contributed by atoms with Crippen molar-refractivity contribution in [1.29, 1.82) is 0 Å². The number of aryl methyl sites for hydroxylation is 1. The van der Waals surface area contributed by atoms with Crippen LogP contribution in [0.5, 0.6) is 0 Å². The number of hydrogen-bond donors (Lipinski definition) is 2. The van der Waals surface area contributed by atoms with Crippen molar-refractivity contribution >= 4 is 23.1 Å². The normalized spacial score (nSPS) is 21.5. The summed E-state index contributed by atoms with van der Waals surface area (Å²) in [5.41, 5.74) is 2.24. The summed E-state index contributed by atoms with van der Waals surface area (Å²) in [6.07, 6.45) is 3.66. The molecule has 2 aromatic rings. The number of piperidine rings is 1. The molecule has 1 amide bonds. The molecule has 1 saturated heterocycles. The average molecular weight is 422 g/mol. The first-order valence-electron chi connectivity index (χ1n) is 10.5. The third-order valence-electron chi connectivity index (χ3n) is 5.73. The topological polar surface area (TPSA) is 99.4 Å². The van der Waals surface area contributed by atoms with Crippen molar-refractivity contribution in [2.75, 3.05) is 18.0 Å². The lowest BCUT2D eigenvalue weighted by Crippen LogP contribution is -2.49. The van der Waals surface area contributed by atoms with Crippen LogP contribution >= 0.6 is 0 Å². The largest absolute Gasteiger partial charge is 0.410 e. The van der Waals surface area contributed by atoms with Gasteiger partial charge in [0.05, 0.1) is 6.04 Å². The molecule has 1 aromatic heterocycles. The molecule has 31 heavy (non-hydrogen) atoms. The fraction of sp³-hybridized carbons (Fsp3) is 0.391. The molecule has 1 fully saturated rings. The summed E-state index contributed by atoms with van der Waals surface area (Å²) in [7, 11) is 0. The molecule has 0 spiro atoms. The molecule has 2 aliphatic rings. The van der Waals surface area contributed by atoms with Crippen molar-refractivity contribution in [3.63, 3.8) is 0 Å². The monoisotopic (exact) mass is 421 g/mol. The number of aromatic nitrogens is 1. The first kappa shape index (κ1) is 21.0. The number of carbonyl (C=O) groups excluding carboxylic acids is 1. The van der Waals surface area contributed by atoms with Gasteiger partial charge in [-0.3, -0.25) is 9.69 Å². The van der Waals surface area contributed by atoms with Crippen LogP contribution in [0.25, 0.3) is 0 Å². The second kappa shape index (κ2) is 8.47. The fourth-order valence-corrected chi connectivity index (χ4v) is 4.02. The number of carbonyl (C=O) groups is 1. The summed E-state index contributed by atoms with van der Waals surface area (Å²) in [6, 6.07) is 11.0. The van der Waals surface area contributed by atoms with E-state index in [0.717, 1.165) is 37.1 Å². The van der Waals surface area contributed by atoms with Crippen molar-refractivity contribution in [2.24, 2.45) is 10.3 Å². The van der Waals surface area contributed by atoms with Gasteiger partial charge in [0.2, 0.25) is 0 Å². The van der Waals surface area contributed by atoms with Gasteiger partial charge >= 0.3 is 0 Å². The molecule has 8 heteroatoms. The number of pyridine rings is 1. The molecule has 1 aromatic carbocycles. The third kappa shape index (κ3) is 4.03. The Morgan fingerprint density at radius 1 is 1.29 bits per heavy atom. The van der Waals surface area contributed by atoms with Gasteiger partial charge in [-0.05, 0) is 63.9 Å². The van der Waals surface area contributed by atoms with Crippen LogP contribution in [0.15, 0.2) is 52.9 Å². The molecule has 0 radical (unpaired) electrons. The minimum Gasteiger partial charge on any atom is -0.410 e. The van der Waals surface area contributed by atoms with Crippen LogP contribution in [-0.2, 0) is 4.84 Å². The summed E-state index contributed by atoms with van der Waals surface area (Å²) < 4.78 is 0. The predicted molar refractivity (Wildman–Crippen MR) is 119 cm³/mol. The van der Waals surface area contributed by atoms with E-state index in [1.54, 1.807) is 44.3 Å². The standard InChI is InChI=1S/C23H27N5O3/c1-15-6-4-13-25-21(15)28(18-7-5-12-24-14-18)22(29)17-10-8-16(9-11-17)19-20(26-30)23(2,3)31-27-19/h4,6,8-11,13,18,24,30H,5,7,12,14H2,1-3H3/b26-20-. The maximum atomic E-state index is 13.6. The first-order chi connectivity index (χ1) is 14.9. The van der Waals surface area contributed by atoms with Crippen LogP contribution in [0.1, 0.15) is 48.2 Å². The lowest BCUT2D eigenvalue weighted by Gasteiger charge is -2.34. The summed E-state index contributed by atoms with van der Waals surface area (Å²) >= 11 is 0. The van der Waals surface area contributed by atoms with Crippen molar-refractivity contribution < 1.29 is 14.8 Å². The maximum absolute atomic E-state index is 13.6. The van der Waals surface area contributed by atoms with Crippen molar-refractivity contribution in [2.45, 2.75) is 45.3 Å². The van der Waals surface area contributed by atoms with E-state index in [1.165, 1.54) is 0 Å². The van der Waals surface area contributed by atoms with E-state index in [-0.39, 0.29) is 11.9 Å². The van der Waals surface area contributed by atoms with Gasteiger partial charge in [0.25, 0.3) is 5.91 Å². The molecule has 0 saturated carbocycles. The average Bonchev–Trinajstić information content (AvgIpc) is 3.10. The zero-order valence-electron chi connectivity index (χ0n) is 18.0. The maximum Gasteiger partial charge on any atom is 0.259 e. The summed E-state index contributed by atoms with van der Waals surface area (Å²) in [6.45, 7) is 7.23. The highest BCUT2D eigenvalue weighted by Crippen LogP contribution is 2.26. The third-order valence-corrected chi connectivity index (χ3v) is 5.73. The van der Waals surface area contributed by atoms with Gasteiger partial charge in [0.1, 0.15) is 11.5 Å². The van der Waals surface area contributed by atoms with Gasteiger partial charge in [0.15, 0.2) is 11.3 Å². The van der Waals surface area contributed by atoms with Crippen LogP contribution in [0.2, 0.25) is 0 Å². The van der Waals surface area contributed by atoms with Crippen LogP contribution in [0.4, 0.5) is 5.82 Å². The molecule has 2 aliphatic heterocycles. The highest BCUT2D eigenvalue weighted by Gasteiger charge is 2.39. The van der Waals surface area contributed by atoms with Crippen LogP contribution in [0, 0.1) is 6.92 Å². The van der Waals surface area contributed by atoms with Gasteiger partial charge in [0, 0.05) is 23.9 Å². The summed E-state index contributed by atoms with van der Waals surface area (Å²) in [5, 5.41) is 20.2. The number of oxime groups is 2. The second-order valence-corrected chi connectivity index (χ2v) is 8.39. The molecule has 0 aliphatic carbocycles. The molecular weight excluding hydrogens is 394 g/mol. The van der Waals surface area contributed by atoms with E-state index in [4.69, 9.17) is 4.84 Å². The van der Waals surface area contributed by atoms with E-state index in [9.17, 15) is 10.0 Å². The molecular formula is C23H27N5O3. The Morgan fingerprint density at radius 2 is 2.06 bits per heavy atom. The minimum atomic E-state index is -0.806. The highest BCUT2D eigenvalue weighted by molar-refractivity contribution is 6.51. The zero-order chi connectivity index (χ0) is 22.0. The van der Waals surface area contributed by atoms with Gasteiger partial charge in [-0.1, -0.05) is 28.5 Å². The number of benzene rings is 1. The molecule has 162 valence electrons. The Hall–Kier alpha value is -3.26. The number of nitrogens with one attached hydrogen (secondary N) is 1. The molecule has 1 atom stereocenters. The van der Waals surface area contributed by atoms with E-state index in [1.807, 2.05) is 24.0 Å². The molecule has 2 N–H and O–H groups in total. The highest BCUT2D eigenvalue weighted by atomic mass is 16.7. The number of nitrogens with zero attached hydrogens (tertiary/aromatic N) is 4. The van der Waals surface area contributed by atoms with Gasteiger partial charge < -0.3 is 15.4 Å². The van der Waals surface area contributed by atoms with Crippen LogP contribution in [-0.4, -0.2) is 52.3 Å². The van der Waals surface area contributed by atoms with E-state index in [2.05, 4.69) is 20.6 Å². The molecule has 3 heterocycles. The SMILES string of the molecule is Cc1cccnc1N(C(=O)c1ccc(C2=NOC(C)(C)/C2=N\O)cc1)C1CCCNC1. The Labute approximate surface area is 181 Å². The van der Waals surface area contributed by atoms with E-state index >= 15 is 0 Å². The fourth-order valence-electron chi connectivity index (χ4n) is 4.02. The second-order valence-electron chi connectivity index (χ2n) is 8.39. The van der Waals surface area contributed by atoms with E-state index < -0.39 is 5.60 Å². The Morgan fingerprint density at radius 3 is 2.71 bits per heavy atom. The number of anilines is 1. The smallest absolute Gasteiger partial charge is 0.259 e. The Bertz CT molecular complexity index is 1020. The zero-order valence-corrected chi connectivity index (χ0v) is 18.0. The van der Waals surface area contributed by atoms with E-state index in [0.29, 0.717) is 22.8 Å². The first-order valence-corrected chi connectivity index (χ1v) is 10.5. The Balaban J connectivity index is 1.64.